The standard InChI is InChI=1S/C8H7BN2.C2H6/c1-6-2-3-8-7(4-6)5-11(9)10-8;1-2/h2-5H,1H3;1-2H3. The Labute approximate surface area is 80.0 Å². The second-order valence-electron chi connectivity index (χ2n) is 2.67. The number of aryl methyl sites for hydroxylation is 1. The van der Waals surface area contributed by atoms with Crippen LogP contribution in [0.15, 0.2) is 24.4 Å². The van der Waals surface area contributed by atoms with Crippen LogP contribution < -0.4 is 0 Å². The summed E-state index contributed by atoms with van der Waals surface area (Å²) in [5.41, 5.74) is 2.17. The zero-order chi connectivity index (χ0) is 9.84. The minimum Gasteiger partial charge on any atom is -0.330 e. The molecule has 2 nitrogen and oxygen atoms in total. The van der Waals surface area contributed by atoms with Gasteiger partial charge in [-0.15, -0.1) is 0 Å². The van der Waals surface area contributed by atoms with E-state index in [0.29, 0.717) is 0 Å². The van der Waals surface area contributed by atoms with Gasteiger partial charge in [0.05, 0.1) is 5.52 Å². The molecule has 1 heterocycles. The maximum Gasteiger partial charge on any atom is 0.264 e. The van der Waals surface area contributed by atoms with E-state index < -0.39 is 0 Å². The zero-order valence-electron chi connectivity index (χ0n) is 8.28. The van der Waals surface area contributed by atoms with Crippen molar-refractivity contribution in [3.63, 3.8) is 0 Å². The number of hydrogen-bond donors (Lipinski definition) is 0. The molecule has 0 saturated carbocycles. The molecule has 0 atom stereocenters. The van der Waals surface area contributed by atoms with Crippen LogP contribution in [-0.2, 0) is 0 Å². The smallest absolute Gasteiger partial charge is 0.264 e. The third kappa shape index (κ3) is 2.11. The maximum absolute atomic E-state index is 5.45. The molecule has 3 heteroatoms. The van der Waals surface area contributed by atoms with Crippen LogP contribution in [0, 0.1) is 6.92 Å². The fourth-order valence-corrected chi connectivity index (χ4v) is 1.16. The number of aromatic nitrogens is 2. The highest BCUT2D eigenvalue weighted by molar-refractivity contribution is 6.07. The molecule has 0 N–H and O–H groups in total. The summed E-state index contributed by atoms with van der Waals surface area (Å²) in [6, 6.07) is 6.05. The van der Waals surface area contributed by atoms with Crippen LogP contribution in [0.4, 0.5) is 0 Å². The van der Waals surface area contributed by atoms with Gasteiger partial charge in [-0.3, -0.25) is 0 Å². The van der Waals surface area contributed by atoms with Gasteiger partial charge in [0.1, 0.15) is 0 Å². The highest BCUT2D eigenvalue weighted by Gasteiger charge is 1.95. The van der Waals surface area contributed by atoms with E-state index in [1.54, 1.807) is 0 Å². The molecule has 66 valence electrons. The average Bonchev–Trinajstić information content (AvgIpc) is 2.48. The summed E-state index contributed by atoms with van der Waals surface area (Å²) in [5.74, 6) is 0. The lowest BCUT2D eigenvalue weighted by Crippen LogP contribution is -1.88. The molecule has 0 bridgehead atoms. The van der Waals surface area contributed by atoms with Gasteiger partial charge in [0.25, 0.3) is 7.98 Å². The van der Waals surface area contributed by atoms with E-state index in [4.69, 9.17) is 7.98 Å². The van der Waals surface area contributed by atoms with Crippen molar-refractivity contribution in [3.05, 3.63) is 30.0 Å². The second kappa shape index (κ2) is 4.12. The Balaban J connectivity index is 0.000000396. The second-order valence-corrected chi connectivity index (χ2v) is 2.67. The number of fused-ring (bicyclic) bond motifs is 1. The van der Waals surface area contributed by atoms with Crippen molar-refractivity contribution in [2.24, 2.45) is 0 Å². The van der Waals surface area contributed by atoms with Crippen LogP contribution in [0.25, 0.3) is 10.9 Å². The Morgan fingerprint density at radius 2 is 2.00 bits per heavy atom. The van der Waals surface area contributed by atoms with Crippen molar-refractivity contribution in [2.75, 3.05) is 0 Å². The van der Waals surface area contributed by atoms with Gasteiger partial charge in [-0.05, 0) is 19.1 Å². The molecule has 0 spiro atoms. The van der Waals surface area contributed by atoms with E-state index in [9.17, 15) is 0 Å². The van der Waals surface area contributed by atoms with Crippen molar-refractivity contribution in [1.29, 1.82) is 0 Å². The molecule has 1 aromatic heterocycles. The van der Waals surface area contributed by atoms with Gasteiger partial charge in [-0.2, -0.15) is 5.10 Å². The summed E-state index contributed by atoms with van der Waals surface area (Å²) >= 11 is 0. The Hall–Kier alpha value is -1.25. The summed E-state index contributed by atoms with van der Waals surface area (Å²) in [6.07, 6.45) is 1.81. The van der Waals surface area contributed by atoms with Crippen molar-refractivity contribution in [3.8, 4) is 0 Å². The molecular weight excluding hydrogens is 159 g/mol. The molecule has 1 aromatic carbocycles. The summed E-state index contributed by atoms with van der Waals surface area (Å²) in [5, 5.41) is 5.14. The first-order valence-electron chi connectivity index (χ1n) is 4.47. The van der Waals surface area contributed by atoms with E-state index in [-0.39, 0.29) is 0 Å². The predicted octanol–water partition coefficient (Wildman–Crippen LogP) is 2.30. The van der Waals surface area contributed by atoms with Crippen LogP contribution in [0.2, 0.25) is 0 Å². The first kappa shape index (κ1) is 9.84. The molecule has 0 unspecified atom stereocenters. The third-order valence-electron chi connectivity index (χ3n) is 1.68. The first-order valence-corrected chi connectivity index (χ1v) is 4.47. The van der Waals surface area contributed by atoms with Crippen LogP contribution in [0.3, 0.4) is 0 Å². The molecule has 0 aliphatic rings. The van der Waals surface area contributed by atoms with Crippen molar-refractivity contribution in [1.82, 2.24) is 9.69 Å². The molecule has 0 fully saturated rings. The van der Waals surface area contributed by atoms with Gasteiger partial charge < -0.3 is 4.59 Å². The van der Waals surface area contributed by atoms with Crippen molar-refractivity contribution in [2.45, 2.75) is 20.8 Å². The Morgan fingerprint density at radius 3 is 2.69 bits per heavy atom. The van der Waals surface area contributed by atoms with Crippen molar-refractivity contribution < 1.29 is 0 Å². The van der Waals surface area contributed by atoms with Crippen molar-refractivity contribution >= 4 is 18.9 Å². The Bertz CT molecular complexity index is 393. The quantitative estimate of drug-likeness (QED) is 0.557. The predicted molar refractivity (Wildman–Crippen MR) is 57.0 cm³/mol. The molecule has 0 aliphatic heterocycles. The van der Waals surface area contributed by atoms with E-state index in [1.807, 2.05) is 39.1 Å². The van der Waals surface area contributed by atoms with Gasteiger partial charge in [0.15, 0.2) is 0 Å². The molecule has 2 radical (unpaired) electrons. The summed E-state index contributed by atoms with van der Waals surface area (Å²) < 4.78 is 1.34. The molecular formula is C10H13BN2. The highest BCUT2D eigenvalue weighted by atomic mass is 15.2. The first-order chi connectivity index (χ1) is 6.25. The lowest BCUT2D eigenvalue weighted by molar-refractivity contribution is 1.01. The monoisotopic (exact) mass is 172 g/mol. The van der Waals surface area contributed by atoms with E-state index in [1.165, 1.54) is 10.2 Å². The highest BCUT2D eigenvalue weighted by Crippen LogP contribution is 2.12. The topological polar surface area (TPSA) is 17.8 Å². The van der Waals surface area contributed by atoms with E-state index >= 15 is 0 Å². The minimum atomic E-state index is 0.943. The SMILES string of the molecule is CC.[B]n1cc2cc(C)ccc2n1. The number of benzene rings is 1. The van der Waals surface area contributed by atoms with Gasteiger partial charge in [-0.1, -0.05) is 25.5 Å². The van der Waals surface area contributed by atoms with E-state index in [2.05, 4.69) is 11.2 Å². The number of hydrogen-bond acceptors (Lipinski definition) is 1. The summed E-state index contributed by atoms with van der Waals surface area (Å²) in [6.45, 7) is 6.05. The molecule has 2 aromatic rings. The molecule has 0 amide bonds. The fourth-order valence-electron chi connectivity index (χ4n) is 1.16. The summed E-state index contributed by atoms with van der Waals surface area (Å²) in [4.78, 5) is 0. The Kier molecular flexibility index (Phi) is 3.12. The van der Waals surface area contributed by atoms with Crippen LogP contribution in [0.5, 0.6) is 0 Å². The Morgan fingerprint density at radius 1 is 1.31 bits per heavy atom. The lowest BCUT2D eigenvalue weighted by Gasteiger charge is -1.88. The fraction of sp³-hybridized carbons (Fsp3) is 0.300. The van der Waals surface area contributed by atoms with Crippen LogP contribution >= 0.6 is 0 Å². The number of rotatable bonds is 0. The van der Waals surface area contributed by atoms with Gasteiger partial charge in [-0.25, -0.2) is 0 Å². The molecule has 0 aliphatic carbocycles. The average molecular weight is 172 g/mol. The van der Waals surface area contributed by atoms with Crippen LogP contribution in [-0.4, -0.2) is 17.7 Å². The molecule has 0 saturated heterocycles. The maximum atomic E-state index is 5.45. The van der Waals surface area contributed by atoms with Gasteiger partial charge >= 0.3 is 0 Å². The van der Waals surface area contributed by atoms with Gasteiger partial charge in [0.2, 0.25) is 0 Å². The summed E-state index contributed by atoms with van der Waals surface area (Å²) in [7, 11) is 5.45. The lowest BCUT2D eigenvalue weighted by atomic mass is 10.2. The number of nitrogens with zero attached hydrogens (tertiary/aromatic N) is 2. The minimum absolute atomic E-state index is 0.943. The zero-order valence-corrected chi connectivity index (χ0v) is 8.28. The largest absolute Gasteiger partial charge is 0.330 e. The van der Waals surface area contributed by atoms with Gasteiger partial charge in [0, 0.05) is 11.6 Å². The normalized spacial score (nSPS) is 9.46. The molecule has 2 rings (SSSR count). The van der Waals surface area contributed by atoms with Crippen LogP contribution in [0.1, 0.15) is 19.4 Å². The third-order valence-corrected chi connectivity index (χ3v) is 1.68. The van der Waals surface area contributed by atoms with E-state index in [0.717, 1.165) is 10.9 Å². The molecule has 13 heavy (non-hydrogen) atoms.